The maximum Gasteiger partial charge on any atom is 0.416 e. The summed E-state index contributed by atoms with van der Waals surface area (Å²) in [7, 11) is 0. The molecule has 1 aromatic carbocycles. The normalized spacial score (nSPS) is 13.5. The van der Waals surface area contributed by atoms with Crippen LogP contribution in [0.1, 0.15) is 23.6 Å². The molecule has 3 nitrogen and oxygen atoms in total. The first kappa shape index (κ1) is 12.5. The molecular weight excluding hydrogens is 223 g/mol. The second-order valence-electron chi connectivity index (χ2n) is 3.33. The van der Waals surface area contributed by atoms with E-state index in [1.165, 1.54) is 12.1 Å². The van der Waals surface area contributed by atoms with Crippen LogP contribution in [-0.4, -0.2) is 11.1 Å². The quantitative estimate of drug-likeness (QED) is 0.841. The summed E-state index contributed by atoms with van der Waals surface area (Å²) in [6.45, 7) is 0. The van der Waals surface area contributed by atoms with E-state index >= 15 is 0 Å². The molecule has 0 aliphatic rings. The van der Waals surface area contributed by atoms with E-state index in [-0.39, 0.29) is 5.56 Å². The lowest BCUT2D eigenvalue weighted by Crippen LogP contribution is -2.16. The van der Waals surface area contributed by atoms with E-state index in [0.717, 1.165) is 12.1 Å². The molecule has 3 N–H and O–H groups in total. The van der Waals surface area contributed by atoms with Gasteiger partial charge in [0.1, 0.15) is 0 Å². The summed E-state index contributed by atoms with van der Waals surface area (Å²) in [5, 5.41) is 8.47. The molecule has 0 fully saturated rings. The van der Waals surface area contributed by atoms with Crippen molar-refractivity contribution < 1.29 is 23.1 Å². The summed E-state index contributed by atoms with van der Waals surface area (Å²) in [5.74, 6) is -1.15. The molecule has 1 atom stereocenters. The predicted octanol–water partition coefficient (Wildman–Crippen LogP) is 2.18. The molecule has 0 heterocycles. The number of nitrogens with two attached hydrogens (primary N) is 1. The summed E-state index contributed by atoms with van der Waals surface area (Å²) in [5.41, 5.74) is 4.80. The second kappa shape index (κ2) is 4.52. The molecule has 0 saturated heterocycles. The van der Waals surface area contributed by atoms with Crippen molar-refractivity contribution in [3.63, 3.8) is 0 Å². The third-order valence-electron chi connectivity index (χ3n) is 2.04. The van der Waals surface area contributed by atoms with Gasteiger partial charge in [0.25, 0.3) is 0 Å². The topological polar surface area (TPSA) is 63.3 Å². The van der Waals surface area contributed by atoms with Gasteiger partial charge in [-0.25, -0.2) is 0 Å². The Labute approximate surface area is 89.7 Å². The van der Waals surface area contributed by atoms with E-state index in [2.05, 4.69) is 0 Å². The van der Waals surface area contributed by atoms with Gasteiger partial charge in [-0.1, -0.05) is 12.1 Å². The smallest absolute Gasteiger partial charge is 0.416 e. The number of rotatable bonds is 3. The molecule has 1 rings (SSSR count). The highest BCUT2D eigenvalue weighted by Gasteiger charge is 2.30. The fourth-order valence-corrected chi connectivity index (χ4v) is 1.25. The van der Waals surface area contributed by atoms with Gasteiger partial charge in [0.15, 0.2) is 0 Å². The van der Waals surface area contributed by atoms with E-state index in [1.807, 2.05) is 0 Å². The molecule has 1 aromatic rings. The van der Waals surface area contributed by atoms with Crippen LogP contribution in [0.2, 0.25) is 0 Å². The first-order valence-corrected chi connectivity index (χ1v) is 4.45. The van der Waals surface area contributed by atoms with Gasteiger partial charge >= 0.3 is 12.1 Å². The summed E-state index contributed by atoms with van der Waals surface area (Å²) in [6, 6.07) is 3.44. The number of carbonyl (C=O) groups is 1. The van der Waals surface area contributed by atoms with Gasteiger partial charge in [-0.05, 0) is 17.7 Å². The number of benzene rings is 1. The van der Waals surface area contributed by atoms with Gasteiger partial charge in [-0.2, -0.15) is 13.2 Å². The van der Waals surface area contributed by atoms with Gasteiger partial charge in [-0.3, -0.25) is 4.79 Å². The molecule has 0 aromatic heterocycles. The van der Waals surface area contributed by atoms with Gasteiger partial charge in [-0.15, -0.1) is 0 Å². The molecule has 16 heavy (non-hydrogen) atoms. The van der Waals surface area contributed by atoms with Crippen LogP contribution in [0.5, 0.6) is 0 Å². The van der Waals surface area contributed by atoms with Crippen molar-refractivity contribution in [2.24, 2.45) is 5.73 Å². The largest absolute Gasteiger partial charge is 0.481 e. The highest BCUT2D eigenvalue weighted by Crippen LogP contribution is 2.30. The molecule has 0 amide bonds. The van der Waals surface area contributed by atoms with E-state index < -0.39 is 30.2 Å². The van der Waals surface area contributed by atoms with Crippen LogP contribution in [0.15, 0.2) is 24.3 Å². The number of halogens is 3. The molecule has 88 valence electrons. The summed E-state index contributed by atoms with van der Waals surface area (Å²) in [6.07, 6.45) is -4.85. The lowest BCUT2D eigenvalue weighted by molar-refractivity contribution is -0.138. The minimum absolute atomic E-state index is 0.164. The minimum Gasteiger partial charge on any atom is -0.481 e. The van der Waals surface area contributed by atoms with Crippen LogP contribution >= 0.6 is 0 Å². The molecule has 6 heteroatoms. The van der Waals surface area contributed by atoms with Gasteiger partial charge in [0, 0.05) is 6.04 Å². The Bertz CT molecular complexity index is 390. The fourth-order valence-electron chi connectivity index (χ4n) is 1.25. The van der Waals surface area contributed by atoms with Crippen molar-refractivity contribution in [3.8, 4) is 0 Å². The summed E-state index contributed by atoms with van der Waals surface area (Å²) in [4.78, 5) is 10.4. The van der Waals surface area contributed by atoms with Crippen molar-refractivity contribution in [1.82, 2.24) is 0 Å². The summed E-state index contributed by atoms with van der Waals surface area (Å²) >= 11 is 0. The molecule has 0 saturated carbocycles. The number of aliphatic carboxylic acids is 1. The fraction of sp³-hybridized carbons (Fsp3) is 0.300. The van der Waals surface area contributed by atoms with Crippen molar-refractivity contribution in [1.29, 1.82) is 0 Å². The van der Waals surface area contributed by atoms with E-state index in [1.54, 1.807) is 0 Å². The van der Waals surface area contributed by atoms with E-state index in [4.69, 9.17) is 10.8 Å². The minimum atomic E-state index is -4.45. The van der Waals surface area contributed by atoms with Crippen LogP contribution in [-0.2, 0) is 11.0 Å². The number of hydrogen-bond acceptors (Lipinski definition) is 2. The van der Waals surface area contributed by atoms with Crippen LogP contribution in [0.4, 0.5) is 13.2 Å². The zero-order valence-corrected chi connectivity index (χ0v) is 8.16. The Kier molecular flexibility index (Phi) is 3.54. The van der Waals surface area contributed by atoms with Gasteiger partial charge < -0.3 is 10.8 Å². The third kappa shape index (κ3) is 3.23. The monoisotopic (exact) mass is 233 g/mol. The lowest BCUT2D eigenvalue weighted by Gasteiger charge is -2.12. The zero-order valence-electron chi connectivity index (χ0n) is 8.16. The van der Waals surface area contributed by atoms with Crippen molar-refractivity contribution in [3.05, 3.63) is 35.4 Å². The first-order valence-electron chi connectivity index (χ1n) is 4.45. The van der Waals surface area contributed by atoms with Gasteiger partial charge in [0.2, 0.25) is 0 Å². The molecule has 0 bridgehead atoms. The van der Waals surface area contributed by atoms with Crippen molar-refractivity contribution in [2.45, 2.75) is 18.6 Å². The third-order valence-corrected chi connectivity index (χ3v) is 2.04. The summed E-state index contributed by atoms with van der Waals surface area (Å²) < 4.78 is 37.0. The molecule has 0 spiro atoms. The Morgan fingerprint density at radius 1 is 1.44 bits per heavy atom. The zero-order chi connectivity index (χ0) is 12.3. The molecule has 1 unspecified atom stereocenters. The predicted molar refractivity (Wildman–Crippen MR) is 50.6 cm³/mol. The number of alkyl halides is 3. The Morgan fingerprint density at radius 2 is 2.06 bits per heavy atom. The number of hydrogen-bond donors (Lipinski definition) is 2. The maximum atomic E-state index is 12.3. The standard InChI is InChI=1S/C10H10F3NO2/c11-10(12,13)7-3-1-2-6(4-7)8(14)5-9(15)16/h1-4,8H,5,14H2,(H,15,16). The Morgan fingerprint density at radius 3 is 2.56 bits per heavy atom. The average Bonchev–Trinajstić information content (AvgIpc) is 2.15. The second-order valence-corrected chi connectivity index (χ2v) is 3.33. The van der Waals surface area contributed by atoms with Crippen molar-refractivity contribution >= 4 is 5.97 Å². The van der Waals surface area contributed by atoms with E-state index in [0.29, 0.717) is 0 Å². The van der Waals surface area contributed by atoms with Crippen LogP contribution in [0, 0.1) is 0 Å². The van der Waals surface area contributed by atoms with E-state index in [9.17, 15) is 18.0 Å². The first-order chi connectivity index (χ1) is 7.30. The number of carboxylic acids is 1. The molecule has 0 aliphatic heterocycles. The highest BCUT2D eigenvalue weighted by molar-refractivity contribution is 5.67. The Hall–Kier alpha value is -1.56. The SMILES string of the molecule is NC(CC(=O)O)c1cccc(C(F)(F)F)c1. The molecule has 0 aliphatic carbocycles. The number of carboxylic acid groups (broad SMARTS) is 1. The van der Waals surface area contributed by atoms with Crippen LogP contribution in [0.25, 0.3) is 0 Å². The van der Waals surface area contributed by atoms with Gasteiger partial charge in [0.05, 0.1) is 12.0 Å². The molecule has 0 radical (unpaired) electrons. The average molecular weight is 233 g/mol. The van der Waals surface area contributed by atoms with Crippen LogP contribution in [0.3, 0.4) is 0 Å². The lowest BCUT2D eigenvalue weighted by atomic mass is 10.0. The molecular formula is C10H10F3NO2. The highest BCUT2D eigenvalue weighted by atomic mass is 19.4. The Balaban J connectivity index is 2.94. The van der Waals surface area contributed by atoms with Crippen molar-refractivity contribution in [2.75, 3.05) is 0 Å². The van der Waals surface area contributed by atoms with Crippen LogP contribution < -0.4 is 5.73 Å². The maximum absolute atomic E-state index is 12.3.